The molecule has 3 aliphatic rings. The van der Waals surface area contributed by atoms with E-state index in [1.807, 2.05) is 0 Å². The lowest BCUT2D eigenvalue weighted by molar-refractivity contribution is -0.00652. The van der Waals surface area contributed by atoms with Gasteiger partial charge in [-0.3, -0.25) is 9.80 Å². The monoisotopic (exact) mass is 338 g/mol. The SMILES string of the molecule is C#CCN(C)CC1CN2CCC1CC2CNC(=S)NCCOC. The van der Waals surface area contributed by atoms with E-state index in [1.165, 1.54) is 25.9 Å². The smallest absolute Gasteiger partial charge is 0.166 e. The second-order valence-electron chi connectivity index (χ2n) is 6.72. The van der Waals surface area contributed by atoms with Gasteiger partial charge in [0.25, 0.3) is 0 Å². The van der Waals surface area contributed by atoms with Gasteiger partial charge in [-0.05, 0) is 50.5 Å². The van der Waals surface area contributed by atoms with Gasteiger partial charge in [-0.1, -0.05) is 5.92 Å². The van der Waals surface area contributed by atoms with Crippen LogP contribution in [0, 0.1) is 24.2 Å². The summed E-state index contributed by atoms with van der Waals surface area (Å²) in [4.78, 5) is 4.90. The van der Waals surface area contributed by atoms with Gasteiger partial charge < -0.3 is 15.4 Å². The summed E-state index contributed by atoms with van der Waals surface area (Å²) in [7, 11) is 3.82. The van der Waals surface area contributed by atoms with Crippen molar-refractivity contribution >= 4 is 17.3 Å². The fourth-order valence-corrected chi connectivity index (χ4v) is 4.01. The minimum atomic E-state index is 0.602. The van der Waals surface area contributed by atoms with Crippen molar-refractivity contribution in [1.29, 1.82) is 0 Å². The molecule has 3 saturated heterocycles. The molecule has 6 heteroatoms. The summed E-state index contributed by atoms with van der Waals surface area (Å²) in [6, 6.07) is 0.602. The maximum Gasteiger partial charge on any atom is 0.166 e. The molecule has 4 unspecified atom stereocenters. The van der Waals surface area contributed by atoms with E-state index in [2.05, 4.69) is 33.4 Å². The van der Waals surface area contributed by atoms with Crippen LogP contribution in [0.5, 0.6) is 0 Å². The number of fused-ring (bicyclic) bond motifs is 3. The average Bonchev–Trinajstić information content (AvgIpc) is 2.54. The zero-order valence-corrected chi connectivity index (χ0v) is 15.2. The molecule has 0 amide bonds. The van der Waals surface area contributed by atoms with E-state index in [0.717, 1.165) is 43.1 Å². The topological polar surface area (TPSA) is 39.8 Å². The number of nitrogens with zero attached hydrogens (tertiary/aromatic N) is 2. The Morgan fingerprint density at radius 2 is 2.30 bits per heavy atom. The number of ether oxygens (including phenoxy) is 1. The number of piperidine rings is 3. The Kier molecular flexibility index (Phi) is 7.57. The number of thiocarbonyl (C=S) groups is 1. The maximum absolute atomic E-state index is 5.41. The molecule has 0 aromatic heterocycles. The van der Waals surface area contributed by atoms with Crippen LogP contribution >= 0.6 is 12.2 Å². The normalized spacial score (nSPS) is 29.3. The van der Waals surface area contributed by atoms with Crippen LogP contribution in [0.3, 0.4) is 0 Å². The van der Waals surface area contributed by atoms with Crippen LogP contribution in [-0.2, 0) is 4.74 Å². The van der Waals surface area contributed by atoms with E-state index >= 15 is 0 Å². The van der Waals surface area contributed by atoms with Gasteiger partial charge in [0.15, 0.2) is 5.11 Å². The molecule has 0 aromatic rings. The highest BCUT2D eigenvalue weighted by molar-refractivity contribution is 7.80. The second kappa shape index (κ2) is 9.43. The molecule has 0 saturated carbocycles. The van der Waals surface area contributed by atoms with Crippen molar-refractivity contribution in [3.05, 3.63) is 0 Å². The van der Waals surface area contributed by atoms with E-state index < -0.39 is 0 Å². The third-order valence-corrected chi connectivity index (χ3v) is 5.30. The fourth-order valence-electron chi connectivity index (χ4n) is 3.83. The Balaban J connectivity index is 1.72. The van der Waals surface area contributed by atoms with Crippen molar-refractivity contribution in [2.75, 3.05) is 60.0 Å². The standard InChI is InChI=1S/C17H30N4OS/c1-4-7-20(2)12-15-13-21-8-5-14(15)10-16(21)11-19-17(23)18-6-9-22-3/h1,14-16H,5-13H2,2-3H3,(H2,18,19,23). The number of nitrogens with one attached hydrogen (secondary N) is 2. The van der Waals surface area contributed by atoms with Gasteiger partial charge >= 0.3 is 0 Å². The van der Waals surface area contributed by atoms with Gasteiger partial charge in [0.1, 0.15) is 0 Å². The zero-order chi connectivity index (χ0) is 16.7. The summed E-state index contributed by atoms with van der Waals surface area (Å²) in [6.07, 6.45) is 7.99. The molecular weight excluding hydrogens is 308 g/mol. The number of hydrogen-bond acceptors (Lipinski definition) is 4. The Bertz CT molecular complexity index is 425. The van der Waals surface area contributed by atoms with E-state index in [4.69, 9.17) is 23.4 Å². The molecule has 130 valence electrons. The fraction of sp³-hybridized carbons (Fsp3) is 0.824. The van der Waals surface area contributed by atoms with Crippen molar-refractivity contribution < 1.29 is 4.74 Å². The van der Waals surface area contributed by atoms with Crippen LogP contribution in [0.15, 0.2) is 0 Å². The van der Waals surface area contributed by atoms with Crippen molar-refractivity contribution in [3.63, 3.8) is 0 Å². The average molecular weight is 339 g/mol. The first-order valence-electron chi connectivity index (χ1n) is 8.50. The molecule has 3 aliphatic heterocycles. The van der Waals surface area contributed by atoms with Crippen molar-refractivity contribution in [1.82, 2.24) is 20.4 Å². The van der Waals surface area contributed by atoms with Gasteiger partial charge in [-0.2, -0.15) is 0 Å². The number of terminal acetylenes is 1. The largest absolute Gasteiger partial charge is 0.383 e. The Labute approximate surface area is 146 Å². The van der Waals surface area contributed by atoms with Crippen LogP contribution in [0.4, 0.5) is 0 Å². The van der Waals surface area contributed by atoms with E-state index in [9.17, 15) is 0 Å². The first-order valence-corrected chi connectivity index (χ1v) is 8.91. The van der Waals surface area contributed by atoms with Gasteiger partial charge in [0.05, 0.1) is 13.2 Å². The van der Waals surface area contributed by atoms with Crippen LogP contribution in [0.2, 0.25) is 0 Å². The summed E-state index contributed by atoms with van der Waals surface area (Å²) >= 11 is 5.31. The lowest BCUT2D eigenvalue weighted by Gasteiger charge is -2.50. The molecule has 5 nitrogen and oxygen atoms in total. The predicted molar refractivity (Wildman–Crippen MR) is 98.4 cm³/mol. The number of hydrogen-bond donors (Lipinski definition) is 2. The highest BCUT2D eigenvalue weighted by Gasteiger charge is 2.39. The molecule has 2 bridgehead atoms. The van der Waals surface area contributed by atoms with Crippen LogP contribution in [-0.4, -0.2) is 81.0 Å². The van der Waals surface area contributed by atoms with Crippen LogP contribution < -0.4 is 10.6 Å². The summed E-state index contributed by atoms with van der Waals surface area (Å²) < 4.78 is 5.01. The number of rotatable bonds is 8. The third-order valence-electron chi connectivity index (χ3n) is 5.01. The lowest BCUT2D eigenvalue weighted by Crippen LogP contribution is -2.58. The van der Waals surface area contributed by atoms with E-state index in [1.54, 1.807) is 7.11 Å². The molecule has 3 heterocycles. The molecule has 3 rings (SSSR count). The third kappa shape index (κ3) is 5.61. The van der Waals surface area contributed by atoms with Crippen LogP contribution in [0.1, 0.15) is 12.8 Å². The first-order chi connectivity index (χ1) is 11.1. The minimum absolute atomic E-state index is 0.602. The summed E-state index contributed by atoms with van der Waals surface area (Å²) in [5, 5.41) is 7.26. The molecule has 23 heavy (non-hydrogen) atoms. The minimum Gasteiger partial charge on any atom is -0.383 e. The van der Waals surface area contributed by atoms with Gasteiger partial charge in [-0.25, -0.2) is 0 Å². The molecule has 0 aliphatic carbocycles. The Hall–Kier alpha value is -0.870. The van der Waals surface area contributed by atoms with Crippen molar-refractivity contribution in [2.45, 2.75) is 18.9 Å². The number of methoxy groups -OCH3 is 1. The molecule has 0 radical (unpaired) electrons. The van der Waals surface area contributed by atoms with E-state index in [0.29, 0.717) is 12.6 Å². The van der Waals surface area contributed by atoms with Crippen molar-refractivity contribution in [2.24, 2.45) is 11.8 Å². The molecule has 4 atom stereocenters. The lowest BCUT2D eigenvalue weighted by atomic mass is 9.75. The zero-order valence-electron chi connectivity index (χ0n) is 14.4. The van der Waals surface area contributed by atoms with Crippen molar-refractivity contribution in [3.8, 4) is 12.3 Å². The summed E-state index contributed by atoms with van der Waals surface area (Å²) in [5.74, 6) is 4.31. The van der Waals surface area contributed by atoms with Gasteiger partial charge in [0.2, 0.25) is 0 Å². The summed E-state index contributed by atoms with van der Waals surface area (Å²) in [5.41, 5.74) is 0. The Morgan fingerprint density at radius 3 is 2.96 bits per heavy atom. The molecule has 3 fully saturated rings. The Morgan fingerprint density at radius 1 is 1.48 bits per heavy atom. The molecule has 0 aromatic carbocycles. The quantitative estimate of drug-likeness (QED) is 0.379. The highest BCUT2D eigenvalue weighted by atomic mass is 32.1. The van der Waals surface area contributed by atoms with Gasteiger partial charge in [-0.15, -0.1) is 6.42 Å². The van der Waals surface area contributed by atoms with E-state index in [-0.39, 0.29) is 0 Å². The molecule has 0 spiro atoms. The van der Waals surface area contributed by atoms with Gasteiger partial charge in [0, 0.05) is 39.3 Å². The van der Waals surface area contributed by atoms with Crippen LogP contribution in [0.25, 0.3) is 0 Å². The maximum atomic E-state index is 5.41. The molecule has 2 N–H and O–H groups in total. The predicted octanol–water partition coefficient (Wildman–Crippen LogP) is 0.372. The highest BCUT2D eigenvalue weighted by Crippen LogP contribution is 2.36. The first kappa shape index (κ1) is 18.5. The molecular formula is C17H30N4OS. The second-order valence-corrected chi connectivity index (χ2v) is 7.13. The summed E-state index contributed by atoms with van der Waals surface area (Å²) in [6.45, 7) is 6.63.